The number of hydrogen-bond donors (Lipinski definition) is 4. The largest absolute Gasteiger partial charge is 0.508 e. The third-order valence-electron chi connectivity index (χ3n) is 5.55. The van der Waals surface area contributed by atoms with Gasteiger partial charge in [0, 0.05) is 11.8 Å². The fraction of sp³-hybridized carbons (Fsp3) is 0.154. The molecular formula is C26H24O4. The third kappa shape index (κ3) is 4.24. The molecule has 0 aliphatic heterocycles. The molecule has 0 aromatic heterocycles. The lowest BCUT2D eigenvalue weighted by atomic mass is 9.72. The molecule has 3 aromatic carbocycles. The minimum Gasteiger partial charge on any atom is -0.508 e. The van der Waals surface area contributed by atoms with E-state index in [1.54, 1.807) is 42.5 Å². The van der Waals surface area contributed by atoms with E-state index < -0.39 is 6.10 Å². The molecule has 2 unspecified atom stereocenters. The number of allylic oxidation sites excluding steroid dienone is 2. The SMILES string of the molecule is Oc1ccc(C(C2=CCC(O)C=C2)C(c2ccc(O)cc2)c2ccc(O)cc2)cc1. The van der Waals surface area contributed by atoms with Crippen LogP contribution >= 0.6 is 0 Å². The van der Waals surface area contributed by atoms with E-state index in [0.717, 1.165) is 22.3 Å². The highest BCUT2D eigenvalue weighted by Crippen LogP contribution is 2.45. The number of phenolic OH excluding ortho intramolecular Hbond substituents is 3. The van der Waals surface area contributed by atoms with Gasteiger partial charge in [-0.05, 0) is 65.1 Å². The maximum absolute atomic E-state index is 9.93. The number of aromatic hydroxyl groups is 3. The van der Waals surface area contributed by atoms with Gasteiger partial charge in [0.2, 0.25) is 0 Å². The molecule has 0 radical (unpaired) electrons. The van der Waals surface area contributed by atoms with Crippen molar-refractivity contribution in [1.82, 2.24) is 0 Å². The van der Waals surface area contributed by atoms with Crippen LogP contribution in [-0.4, -0.2) is 26.5 Å². The van der Waals surface area contributed by atoms with Crippen LogP contribution in [0.1, 0.15) is 34.9 Å². The molecule has 4 nitrogen and oxygen atoms in total. The molecule has 0 amide bonds. The average Bonchev–Trinajstić information content (AvgIpc) is 2.75. The second kappa shape index (κ2) is 8.47. The van der Waals surface area contributed by atoms with E-state index in [9.17, 15) is 20.4 Å². The fourth-order valence-electron chi connectivity index (χ4n) is 4.06. The Labute approximate surface area is 175 Å². The van der Waals surface area contributed by atoms with Gasteiger partial charge < -0.3 is 20.4 Å². The van der Waals surface area contributed by atoms with Crippen molar-refractivity contribution in [3.63, 3.8) is 0 Å². The van der Waals surface area contributed by atoms with Crippen LogP contribution in [0.5, 0.6) is 17.2 Å². The van der Waals surface area contributed by atoms with Crippen molar-refractivity contribution in [3.8, 4) is 17.2 Å². The van der Waals surface area contributed by atoms with Crippen molar-refractivity contribution in [2.45, 2.75) is 24.4 Å². The Balaban J connectivity index is 1.89. The minimum atomic E-state index is -0.491. The van der Waals surface area contributed by atoms with Crippen LogP contribution in [0.2, 0.25) is 0 Å². The first-order valence-electron chi connectivity index (χ1n) is 9.94. The van der Waals surface area contributed by atoms with E-state index in [1.165, 1.54) is 0 Å². The summed E-state index contributed by atoms with van der Waals surface area (Å²) in [5.41, 5.74) is 4.11. The Morgan fingerprint density at radius 3 is 1.37 bits per heavy atom. The maximum Gasteiger partial charge on any atom is 0.115 e. The van der Waals surface area contributed by atoms with E-state index in [-0.39, 0.29) is 29.1 Å². The van der Waals surface area contributed by atoms with Gasteiger partial charge in [0.05, 0.1) is 6.10 Å². The first-order chi connectivity index (χ1) is 14.5. The zero-order chi connectivity index (χ0) is 21.1. The van der Waals surface area contributed by atoms with Crippen molar-refractivity contribution >= 4 is 0 Å². The van der Waals surface area contributed by atoms with Gasteiger partial charge in [-0.25, -0.2) is 0 Å². The van der Waals surface area contributed by atoms with Crippen molar-refractivity contribution in [2.75, 3.05) is 0 Å². The number of benzene rings is 3. The van der Waals surface area contributed by atoms with Crippen LogP contribution < -0.4 is 0 Å². The summed E-state index contributed by atoms with van der Waals surface area (Å²) >= 11 is 0. The molecule has 0 spiro atoms. The predicted molar refractivity (Wildman–Crippen MR) is 117 cm³/mol. The van der Waals surface area contributed by atoms with Crippen molar-refractivity contribution in [3.05, 3.63) is 113 Å². The fourth-order valence-corrected chi connectivity index (χ4v) is 4.06. The summed E-state index contributed by atoms with van der Waals surface area (Å²) in [6, 6.07) is 21.5. The van der Waals surface area contributed by atoms with E-state index in [0.29, 0.717) is 6.42 Å². The standard InChI is InChI=1S/C26H24O4/c27-21-9-1-17(2-10-21)25(18-3-11-22(28)12-4-18)26(19-5-13-23(29)14-6-19)20-7-15-24(30)16-8-20/h1-15,24-30H,16H2. The molecule has 4 rings (SSSR count). The lowest BCUT2D eigenvalue weighted by Crippen LogP contribution is -2.17. The number of aliphatic hydroxyl groups excluding tert-OH is 1. The zero-order valence-corrected chi connectivity index (χ0v) is 16.4. The summed E-state index contributed by atoms with van der Waals surface area (Å²) in [5.74, 6) is 0.394. The molecule has 4 heteroatoms. The molecule has 0 saturated carbocycles. The summed E-state index contributed by atoms with van der Waals surface area (Å²) in [5, 5.41) is 39.3. The minimum absolute atomic E-state index is 0.0940. The number of hydrogen-bond acceptors (Lipinski definition) is 4. The maximum atomic E-state index is 9.93. The van der Waals surface area contributed by atoms with E-state index >= 15 is 0 Å². The summed E-state index contributed by atoms with van der Waals surface area (Å²) in [4.78, 5) is 0. The second-order valence-electron chi connectivity index (χ2n) is 7.60. The van der Waals surface area contributed by atoms with Gasteiger partial charge in [-0.15, -0.1) is 0 Å². The summed E-state index contributed by atoms with van der Waals surface area (Å²) in [6.45, 7) is 0. The topological polar surface area (TPSA) is 80.9 Å². The van der Waals surface area contributed by atoms with Gasteiger partial charge in [0.1, 0.15) is 17.2 Å². The van der Waals surface area contributed by atoms with Gasteiger partial charge in [0.25, 0.3) is 0 Å². The van der Waals surface area contributed by atoms with Crippen molar-refractivity contribution in [2.24, 2.45) is 0 Å². The number of rotatable bonds is 5. The van der Waals surface area contributed by atoms with E-state index in [1.807, 2.05) is 42.5 Å². The van der Waals surface area contributed by atoms with Crippen LogP contribution in [0.4, 0.5) is 0 Å². The molecule has 1 aliphatic rings. The van der Waals surface area contributed by atoms with Crippen molar-refractivity contribution in [1.29, 1.82) is 0 Å². The molecule has 0 fully saturated rings. The van der Waals surface area contributed by atoms with Crippen LogP contribution in [0, 0.1) is 0 Å². The highest BCUT2D eigenvalue weighted by Gasteiger charge is 2.30. The summed E-state index contributed by atoms with van der Waals surface area (Å²) in [6.07, 6.45) is 5.86. The lowest BCUT2D eigenvalue weighted by molar-refractivity contribution is 0.225. The predicted octanol–water partition coefficient (Wildman–Crippen LogP) is 4.97. The molecule has 1 aliphatic carbocycles. The summed E-state index contributed by atoms with van der Waals surface area (Å²) < 4.78 is 0. The Kier molecular flexibility index (Phi) is 5.59. The Morgan fingerprint density at radius 1 is 0.600 bits per heavy atom. The van der Waals surface area contributed by atoms with Gasteiger partial charge in [-0.3, -0.25) is 0 Å². The van der Waals surface area contributed by atoms with E-state index in [2.05, 4.69) is 6.08 Å². The average molecular weight is 400 g/mol. The summed E-state index contributed by atoms with van der Waals surface area (Å²) in [7, 11) is 0. The Morgan fingerprint density at radius 2 is 1.00 bits per heavy atom. The van der Waals surface area contributed by atoms with Crippen LogP contribution in [0.3, 0.4) is 0 Å². The number of aliphatic hydroxyl groups is 1. The van der Waals surface area contributed by atoms with Crippen molar-refractivity contribution < 1.29 is 20.4 Å². The molecule has 4 N–H and O–H groups in total. The van der Waals surface area contributed by atoms with Gasteiger partial charge in [-0.1, -0.05) is 54.6 Å². The van der Waals surface area contributed by atoms with Gasteiger partial charge in [-0.2, -0.15) is 0 Å². The first-order valence-corrected chi connectivity index (χ1v) is 9.94. The Bertz CT molecular complexity index is 1000. The monoisotopic (exact) mass is 400 g/mol. The zero-order valence-electron chi connectivity index (χ0n) is 16.4. The molecular weight excluding hydrogens is 376 g/mol. The molecule has 0 heterocycles. The molecule has 0 saturated heterocycles. The Hall–Kier alpha value is -3.50. The van der Waals surface area contributed by atoms with Crippen LogP contribution in [-0.2, 0) is 0 Å². The first kappa shape index (κ1) is 19.8. The quantitative estimate of drug-likeness (QED) is 0.488. The molecule has 30 heavy (non-hydrogen) atoms. The van der Waals surface area contributed by atoms with Crippen LogP contribution in [0.15, 0.2) is 96.6 Å². The highest BCUT2D eigenvalue weighted by molar-refractivity contribution is 5.49. The molecule has 0 bridgehead atoms. The normalized spacial score (nSPS) is 17.0. The lowest BCUT2D eigenvalue weighted by Gasteiger charge is -2.31. The van der Waals surface area contributed by atoms with Gasteiger partial charge >= 0.3 is 0 Å². The smallest absolute Gasteiger partial charge is 0.115 e. The molecule has 2 atom stereocenters. The molecule has 3 aromatic rings. The van der Waals surface area contributed by atoms with E-state index in [4.69, 9.17) is 0 Å². The second-order valence-corrected chi connectivity index (χ2v) is 7.60. The number of phenols is 3. The van der Waals surface area contributed by atoms with Crippen LogP contribution in [0.25, 0.3) is 0 Å². The third-order valence-corrected chi connectivity index (χ3v) is 5.55. The molecule has 152 valence electrons. The van der Waals surface area contributed by atoms with Gasteiger partial charge in [0.15, 0.2) is 0 Å². The highest BCUT2D eigenvalue weighted by atomic mass is 16.3.